The van der Waals surface area contributed by atoms with Gasteiger partial charge in [0.25, 0.3) is 0 Å². The van der Waals surface area contributed by atoms with E-state index >= 15 is 0 Å². The fourth-order valence-electron chi connectivity index (χ4n) is 0.900. The zero-order valence-corrected chi connectivity index (χ0v) is 6.86. The average molecular weight is 188 g/mol. The van der Waals surface area contributed by atoms with E-state index in [2.05, 4.69) is 4.98 Å². The lowest BCUT2D eigenvalue weighted by Crippen LogP contribution is -1.71. The lowest BCUT2D eigenvalue weighted by atomic mass is 10.3. The number of furan rings is 1. The first-order chi connectivity index (χ1) is 5.27. The number of aromatic nitrogens is 1. The first kappa shape index (κ1) is 6.95. The van der Waals surface area contributed by atoms with Crippen LogP contribution in [0.25, 0.3) is 11.0 Å². The van der Waals surface area contributed by atoms with Gasteiger partial charge >= 0.3 is 0 Å². The summed E-state index contributed by atoms with van der Waals surface area (Å²) in [5.41, 5.74) is 0.541. The minimum Gasteiger partial charge on any atom is -0.441 e. The Balaban J connectivity index is 2.90. The topological polar surface area (TPSA) is 26.0 Å². The lowest BCUT2D eigenvalue weighted by Gasteiger charge is -1.87. The molecule has 0 N–H and O–H groups in total. The van der Waals surface area contributed by atoms with Crippen molar-refractivity contribution in [3.8, 4) is 0 Å². The molecule has 0 aliphatic heterocycles. The molecule has 2 aromatic rings. The molecule has 0 saturated carbocycles. The second-order valence-electron chi connectivity index (χ2n) is 2.07. The van der Waals surface area contributed by atoms with Crippen LogP contribution >= 0.6 is 23.2 Å². The summed E-state index contributed by atoms with van der Waals surface area (Å²) >= 11 is 11.3. The van der Waals surface area contributed by atoms with Gasteiger partial charge < -0.3 is 4.42 Å². The van der Waals surface area contributed by atoms with Gasteiger partial charge in [0.15, 0.2) is 16.0 Å². The van der Waals surface area contributed by atoms with Crippen LogP contribution in [0.4, 0.5) is 0 Å². The molecule has 2 heterocycles. The highest BCUT2D eigenvalue weighted by molar-refractivity contribution is 6.34. The van der Waals surface area contributed by atoms with E-state index in [9.17, 15) is 0 Å². The molecule has 2 rings (SSSR count). The second kappa shape index (κ2) is 2.40. The van der Waals surface area contributed by atoms with Crippen LogP contribution < -0.4 is 0 Å². The number of pyridine rings is 1. The molecule has 0 radical (unpaired) electrons. The summed E-state index contributed by atoms with van der Waals surface area (Å²) in [5, 5.41) is 1.54. The average Bonchev–Trinajstić information content (AvgIpc) is 2.31. The molecule has 11 heavy (non-hydrogen) atoms. The van der Waals surface area contributed by atoms with Crippen LogP contribution in [0.2, 0.25) is 10.4 Å². The van der Waals surface area contributed by atoms with Crippen molar-refractivity contribution in [1.82, 2.24) is 4.98 Å². The van der Waals surface area contributed by atoms with Crippen molar-refractivity contribution in [3.63, 3.8) is 0 Å². The Kier molecular flexibility index (Phi) is 1.51. The molecule has 0 fully saturated rings. The zero-order valence-electron chi connectivity index (χ0n) is 5.34. The summed E-state index contributed by atoms with van der Waals surface area (Å²) in [6.07, 6.45) is 1.61. The maximum Gasteiger partial charge on any atom is 0.194 e. The Morgan fingerprint density at radius 3 is 2.91 bits per heavy atom. The van der Waals surface area contributed by atoms with Crippen LogP contribution in [0, 0.1) is 0 Å². The van der Waals surface area contributed by atoms with Gasteiger partial charge in [-0.2, -0.15) is 0 Å². The van der Waals surface area contributed by atoms with E-state index in [0.29, 0.717) is 16.0 Å². The molecule has 2 nitrogen and oxygen atoms in total. The molecular weight excluding hydrogens is 185 g/mol. The van der Waals surface area contributed by atoms with Gasteiger partial charge in [0, 0.05) is 17.6 Å². The van der Waals surface area contributed by atoms with Gasteiger partial charge in [-0.1, -0.05) is 11.6 Å². The standard InChI is InChI=1S/C7H3Cl2NO/c8-5-3-4-1-2-10-7(9)6(4)11-5/h1-3H. The summed E-state index contributed by atoms with van der Waals surface area (Å²) in [6, 6.07) is 3.49. The van der Waals surface area contributed by atoms with E-state index in [0.717, 1.165) is 5.39 Å². The summed E-state index contributed by atoms with van der Waals surface area (Å²) in [6.45, 7) is 0. The first-order valence-electron chi connectivity index (χ1n) is 2.97. The maximum absolute atomic E-state index is 5.71. The third-order valence-electron chi connectivity index (χ3n) is 1.36. The van der Waals surface area contributed by atoms with Crippen molar-refractivity contribution < 1.29 is 4.42 Å². The van der Waals surface area contributed by atoms with Crippen molar-refractivity contribution in [1.29, 1.82) is 0 Å². The molecule has 56 valence electrons. The fourth-order valence-corrected chi connectivity index (χ4v) is 1.30. The van der Waals surface area contributed by atoms with Gasteiger partial charge in [0.1, 0.15) is 0 Å². The fraction of sp³-hybridized carbons (Fsp3) is 0. The smallest absolute Gasteiger partial charge is 0.194 e. The molecule has 0 amide bonds. The van der Waals surface area contributed by atoms with E-state index in [1.54, 1.807) is 18.3 Å². The highest BCUT2D eigenvalue weighted by atomic mass is 35.5. The molecule has 0 saturated heterocycles. The lowest BCUT2D eigenvalue weighted by molar-refractivity contribution is 0.616. The van der Waals surface area contributed by atoms with Gasteiger partial charge in [-0.15, -0.1) is 0 Å². The number of hydrogen-bond acceptors (Lipinski definition) is 2. The van der Waals surface area contributed by atoms with Crippen LogP contribution in [-0.2, 0) is 0 Å². The molecule has 0 bridgehead atoms. The van der Waals surface area contributed by atoms with E-state index in [-0.39, 0.29) is 0 Å². The quantitative estimate of drug-likeness (QED) is 0.593. The highest BCUT2D eigenvalue weighted by Crippen LogP contribution is 2.26. The molecule has 4 heteroatoms. The van der Waals surface area contributed by atoms with Crippen LogP contribution in [0.5, 0.6) is 0 Å². The van der Waals surface area contributed by atoms with Crippen molar-refractivity contribution in [2.45, 2.75) is 0 Å². The minimum absolute atomic E-state index is 0.329. The van der Waals surface area contributed by atoms with Crippen LogP contribution in [0.3, 0.4) is 0 Å². The Bertz CT molecular complexity index is 396. The minimum atomic E-state index is 0.329. The normalized spacial score (nSPS) is 10.7. The van der Waals surface area contributed by atoms with Gasteiger partial charge in [0.2, 0.25) is 0 Å². The third kappa shape index (κ3) is 1.08. The van der Waals surface area contributed by atoms with E-state index in [1.807, 2.05) is 0 Å². The van der Waals surface area contributed by atoms with Crippen molar-refractivity contribution >= 4 is 34.2 Å². The van der Waals surface area contributed by atoms with Gasteiger partial charge in [-0.25, -0.2) is 4.98 Å². The van der Waals surface area contributed by atoms with E-state index < -0.39 is 0 Å². The van der Waals surface area contributed by atoms with Crippen molar-refractivity contribution in [2.24, 2.45) is 0 Å². The summed E-state index contributed by atoms with van der Waals surface area (Å²) in [4.78, 5) is 3.83. The zero-order chi connectivity index (χ0) is 7.84. The number of hydrogen-bond donors (Lipinski definition) is 0. The maximum atomic E-state index is 5.71. The Morgan fingerprint density at radius 1 is 1.36 bits per heavy atom. The van der Waals surface area contributed by atoms with Gasteiger partial charge in [-0.3, -0.25) is 0 Å². The predicted molar refractivity (Wildman–Crippen MR) is 44.0 cm³/mol. The largest absolute Gasteiger partial charge is 0.441 e. The first-order valence-corrected chi connectivity index (χ1v) is 3.72. The molecule has 0 unspecified atom stereocenters. The molecule has 0 aliphatic carbocycles. The molecule has 0 aliphatic rings. The van der Waals surface area contributed by atoms with Crippen molar-refractivity contribution in [2.75, 3.05) is 0 Å². The number of nitrogens with zero attached hydrogens (tertiary/aromatic N) is 1. The Labute approximate surface area is 72.7 Å². The third-order valence-corrected chi connectivity index (χ3v) is 1.82. The van der Waals surface area contributed by atoms with Crippen LogP contribution in [0.15, 0.2) is 22.7 Å². The predicted octanol–water partition coefficient (Wildman–Crippen LogP) is 3.13. The summed E-state index contributed by atoms with van der Waals surface area (Å²) < 4.78 is 5.07. The summed E-state index contributed by atoms with van der Waals surface area (Å²) in [5.74, 6) is 0. The van der Waals surface area contributed by atoms with E-state index in [4.69, 9.17) is 27.6 Å². The molecule has 0 aromatic carbocycles. The highest BCUT2D eigenvalue weighted by Gasteiger charge is 2.04. The number of fused-ring (bicyclic) bond motifs is 1. The second-order valence-corrected chi connectivity index (χ2v) is 2.80. The van der Waals surface area contributed by atoms with Crippen LogP contribution in [0.1, 0.15) is 0 Å². The molecule has 2 aromatic heterocycles. The summed E-state index contributed by atoms with van der Waals surface area (Å²) in [7, 11) is 0. The Hall–Kier alpha value is -0.730. The number of rotatable bonds is 0. The monoisotopic (exact) mass is 187 g/mol. The molecule has 0 atom stereocenters. The molecule has 0 spiro atoms. The van der Waals surface area contributed by atoms with Gasteiger partial charge in [0.05, 0.1) is 0 Å². The molecular formula is C7H3Cl2NO. The van der Waals surface area contributed by atoms with E-state index in [1.165, 1.54) is 0 Å². The SMILES string of the molecule is Clc1cc2ccnc(Cl)c2o1. The van der Waals surface area contributed by atoms with Crippen LogP contribution in [-0.4, -0.2) is 4.98 Å². The number of halogens is 2. The van der Waals surface area contributed by atoms with Crippen molar-refractivity contribution in [3.05, 3.63) is 28.7 Å². The Morgan fingerprint density at radius 2 is 2.18 bits per heavy atom. The van der Waals surface area contributed by atoms with Gasteiger partial charge in [-0.05, 0) is 17.7 Å².